The molecule has 14 heavy (non-hydrogen) atoms. The van der Waals surface area contributed by atoms with Crippen molar-refractivity contribution in [3.8, 4) is 0 Å². The molecule has 2 N–H and O–H groups in total. The number of rotatable bonds is 7. The van der Waals surface area contributed by atoms with Crippen LogP contribution in [0.15, 0.2) is 0 Å². The molecule has 2 unspecified atom stereocenters. The van der Waals surface area contributed by atoms with Crippen LogP contribution in [0.1, 0.15) is 66.2 Å². The summed E-state index contributed by atoms with van der Waals surface area (Å²) >= 11 is 2.40. The van der Waals surface area contributed by atoms with Gasteiger partial charge in [0.15, 0.2) is 0 Å². The Morgan fingerprint density at radius 2 is 1.57 bits per heavy atom. The molecule has 0 aliphatic carbocycles. The molecule has 0 aromatic rings. The molecule has 0 bridgehead atoms. The second-order valence-electron chi connectivity index (χ2n) is 4.80. The maximum Gasteiger partial charge on any atom is 0.0678 e. The molecule has 0 spiro atoms. The van der Waals surface area contributed by atoms with Crippen LogP contribution in [0, 0.1) is 5.41 Å². The predicted octanol–water partition coefficient (Wildman–Crippen LogP) is 4.48. The summed E-state index contributed by atoms with van der Waals surface area (Å²) in [7, 11) is 0. The summed E-state index contributed by atoms with van der Waals surface area (Å²) in [5.74, 6) is 0. The first-order valence-electron chi connectivity index (χ1n) is 5.87. The molecule has 0 aliphatic rings. The Labute approximate surface area is 103 Å². The van der Waals surface area contributed by atoms with Crippen molar-refractivity contribution in [3.05, 3.63) is 0 Å². The lowest BCUT2D eigenvalue weighted by atomic mass is 9.78. The lowest BCUT2D eigenvalue weighted by Gasteiger charge is -2.31. The summed E-state index contributed by atoms with van der Waals surface area (Å²) in [6.07, 6.45) is 7.38. The zero-order chi connectivity index (χ0) is 11.2. The maximum atomic E-state index is 6.16. The molecular weight excluding hydrogens is 285 g/mol. The van der Waals surface area contributed by atoms with Gasteiger partial charge in [0, 0.05) is 0 Å². The lowest BCUT2D eigenvalue weighted by Crippen LogP contribution is -2.33. The topological polar surface area (TPSA) is 26.0 Å². The lowest BCUT2D eigenvalue weighted by molar-refractivity contribution is 0.241. The number of halogens is 1. The zero-order valence-electron chi connectivity index (χ0n) is 10.2. The van der Waals surface area contributed by atoms with Gasteiger partial charge in [0.05, 0.1) is 3.55 Å². The van der Waals surface area contributed by atoms with Gasteiger partial charge in [-0.25, -0.2) is 0 Å². The minimum atomic E-state index is 0.0158. The fourth-order valence-corrected chi connectivity index (χ4v) is 2.04. The zero-order valence-corrected chi connectivity index (χ0v) is 12.4. The summed E-state index contributed by atoms with van der Waals surface area (Å²) in [5, 5.41) is 0. The molecular formula is C12H26IN. The Kier molecular flexibility index (Phi) is 6.62. The van der Waals surface area contributed by atoms with E-state index in [2.05, 4.69) is 50.3 Å². The first-order chi connectivity index (χ1) is 6.39. The largest absolute Gasteiger partial charge is 0.317 e. The third-order valence-electron chi connectivity index (χ3n) is 3.44. The maximum absolute atomic E-state index is 6.16. The minimum absolute atomic E-state index is 0.0158. The first kappa shape index (κ1) is 14.7. The van der Waals surface area contributed by atoms with Crippen molar-refractivity contribution in [1.82, 2.24) is 0 Å². The molecule has 0 fully saturated rings. The molecule has 0 amide bonds. The van der Waals surface area contributed by atoms with Crippen molar-refractivity contribution in [2.24, 2.45) is 11.1 Å². The van der Waals surface area contributed by atoms with Crippen LogP contribution >= 0.6 is 22.6 Å². The Hall–Kier alpha value is 0.690. The van der Waals surface area contributed by atoms with Crippen LogP contribution in [0.25, 0.3) is 0 Å². The molecule has 2 atom stereocenters. The van der Waals surface area contributed by atoms with E-state index in [1.165, 1.54) is 25.7 Å². The summed E-state index contributed by atoms with van der Waals surface area (Å²) < 4.78 is 0.0158. The van der Waals surface area contributed by atoms with E-state index in [1.807, 2.05) is 0 Å². The molecule has 0 heterocycles. The van der Waals surface area contributed by atoms with E-state index in [1.54, 1.807) is 0 Å². The van der Waals surface area contributed by atoms with E-state index in [9.17, 15) is 0 Å². The van der Waals surface area contributed by atoms with Gasteiger partial charge in [0.25, 0.3) is 0 Å². The fourth-order valence-electron chi connectivity index (χ4n) is 1.77. The number of alkyl halides is 1. The third kappa shape index (κ3) is 5.54. The van der Waals surface area contributed by atoms with Crippen LogP contribution in [0.5, 0.6) is 0 Å². The van der Waals surface area contributed by atoms with Crippen LogP contribution in [0.2, 0.25) is 0 Å². The SMILES string of the molecule is CCCC(C)(CC)CCC(N)(I)CC. The van der Waals surface area contributed by atoms with Crippen molar-refractivity contribution in [2.45, 2.75) is 69.8 Å². The van der Waals surface area contributed by atoms with Crippen molar-refractivity contribution < 1.29 is 0 Å². The normalized spacial score (nSPS) is 20.1. The van der Waals surface area contributed by atoms with Gasteiger partial charge in [-0.15, -0.1) is 0 Å². The fraction of sp³-hybridized carbons (Fsp3) is 1.00. The van der Waals surface area contributed by atoms with Crippen LogP contribution in [0.3, 0.4) is 0 Å². The highest BCUT2D eigenvalue weighted by Gasteiger charge is 2.26. The number of hydrogen-bond donors (Lipinski definition) is 1. The van der Waals surface area contributed by atoms with E-state index in [-0.39, 0.29) is 3.55 Å². The van der Waals surface area contributed by atoms with Gasteiger partial charge in [-0.2, -0.15) is 0 Å². The average Bonchev–Trinajstić information content (AvgIpc) is 2.16. The van der Waals surface area contributed by atoms with Gasteiger partial charge in [-0.3, -0.25) is 0 Å². The van der Waals surface area contributed by atoms with E-state index < -0.39 is 0 Å². The van der Waals surface area contributed by atoms with E-state index in [4.69, 9.17) is 5.73 Å². The average molecular weight is 311 g/mol. The summed E-state index contributed by atoms with van der Waals surface area (Å²) in [6.45, 7) is 9.15. The minimum Gasteiger partial charge on any atom is -0.317 e. The third-order valence-corrected chi connectivity index (χ3v) is 4.74. The molecule has 86 valence electrons. The summed E-state index contributed by atoms with van der Waals surface area (Å²) in [5.41, 5.74) is 6.67. The Morgan fingerprint density at radius 1 is 1.00 bits per heavy atom. The number of hydrogen-bond acceptors (Lipinski definition) is 1. The standard InChI is InChI=1S/C12H26IN/c1-5-8-11(4,6-2)9-10-12(13,14)7-3/h5-10,14H2,1-4H3. The van der Waals surface area contributed by atoms with Gasteiger partial charge < -0.3 is 5.73 Å². The van der Waals surface area contributed by atoms with Crippen molar-refractivity contribution in [3.63, 3.8) is 0 Å². The quantitative estimate of drug-likeness (QED) is 0.419. The summed E-state index contributed by atoms with van der Waals surface area (Å²) in [4.78, 5) is 0. The summed E-state index contributed by atoms with van der Waals surface area (Å²) in [6, 6.07) is 0. The first-order valence-corrected chi connectivity index (χ1v) is 6.95. The van der Waals surface area contributed by atoms with Crippen LogP contribution in [0.4, 0.5) is 0 Å². The highest BCUT2D eigenvalue weighted by atomic mass is 127. The van der Waals surface area contributed by atoms with E-state index >= 15 is 0 Å². The Balaban J connectivity index is 4.06. The molecule has 0 saturated heterocycles. The molecule has 0 aliphatic heterocycles. The Bertz CT molecular complexity index is 156. The van der Waals surface area contributed by atoms with Gasteiger partial charge in [-0.1, -0.05) is 63.1 Å². The van der Waals surface area contributed by atoms with Gasteiger partial charge in [-0.05, 0) is 31.1 Å². The van der Waals surface area contributed by atoms with Crippen molar-refractivity contribution in [1.29, 1.82) is 0 Å². The van der Waals surface area contributed by atoms with Gasteiger partial charge in [0.2, 0.25) is 0 Å². The predicted molar refractivity (Wildman–Crippen MR) is 73.8 cm³/mol. The van der Waals surface area contributed by atoms with Crippen LogP contribution < -0.4 is 5.73 Å². The Morgan fingerprint density at radius 3 is 1.93 bits per heavy atom. The molecule has 0 rings (SSSR count). The van der Waals surface area contributed by atoms with Crippen molar-refractivity contribution in [2.75, 3.05) is 0 Å². The molecule has 0 aromatic carbocycles. The van der Waals surface area contributed by atoms with Crippen LogP contribution in [-0.4, -0.2) is 3.55 Å². The monoisotopic (exact) mass is 311 g/mol. The van der Waals surface area contributed by atoms with E-state index in [0.717, 1.165) is 12.8 Å². The van der Waals surface area contributed by atoms with E-state index in [0.29, 0.717) is 5.41 Å². The smallest absolute Gasteiger partial charge is 0.0678 e. The molecule has 2 heteroatoms. The molecule has 1 nitrogen and oxygen atoms in total. The molecule has 0 saturated carbocycles. The highest BCUT2D eigenvalue weighted by Crippen LogP contribution is 2.36. The van der Waals surface area contributed by atoms with Gasteiger partial charge in [0.1, 0.15) is 0 Å². The second kappa shape index (κ2) is 6.31. The van der Waals surface area contributed by atoms with Crippen LogP contribution in [-0.2, 0) is 0 Å². The number of nitrogens with two attached hydrogens (primary N) is 1. The highest BCUT2D eigenvalue weighted by molar-refractivity contribution is 14.1. The molecule has 0 aromatic heterocycles. The van der Waals surface area contributed by atoms with Gasteiger partial charge >= 0.3 is 0 Å². The second-order valence-corrected chi connectivity index (χ2v) is 6.95. The molecule has 0 radical (unpaired) electrons. The van der Waals surface area contributed by atoms with Crippen molar-refractivity contribution >= 4 is 22.6 Å².